The summed E-state index contributed by atoms with van der Waals surface area (Å²) in [6.45, 7) is 14.7. The highest BCUT2D eigenvalue weighted by Gasteiger charge is 2.12. The second-order valence-corrected chi connectivity index (χ2v) is 6.59. The van der Waals surface area contributed by atoms with Gasteiger partial charge in [0.2, 0.25) is 0 Å². The van der Waals surface area contributed by atoms with E-state index >= 15 is 0 Å². The second kappa shape index (κ2) is 16.9. The molecular formula is C22H35ClF2N4. The molecule has 0 fully saturated rings. The van der Waals surface area contributed by atoms with Crippen molar-refractivity contribution in [3.8, 4) is 0 Å². The molecule has 0 aliphatic rings. The Balaban J connectivity index is 0. The Hall–Kier alpha value is -2.05. The minimum atomic E-state index is -0.788. The van der Waals surface area contributed by atoms with Crippen molar-refractivity contribution in [1.82, 2.24) is 0 Å². The number of hydrogen-bond donors (Lipinski definition) is 3. The number of hydrogen-bond acceptors (Lipinski definition) is 3. The first-order chi connectivity index (χ1) is 13.7. The highest BCUT2D eigenvalue weighted by Crippen LogP contribution is 2.20. The zero-order chi connectivity index (χ0) is 23.0. The Labute approximate surface area is 179 Å². The molecule has 29 heavy (non-hydrogen) atoms. The summed E-state index contributed by atoms with van der Waals surface area (Å²) in [5.74, 6) is -0.907. The summed E-state index contributed by atoms with van der Waals surface area (Å²) in [6.07, 6.45) is 6.13. The minimum Gasteiger partial charge on any atom is -0.383 e. The van der Waals surface area contributed by atoms with Crippen LogP contribution in [0, 0.1) is 23.0 Å². The van der Waals surface area contributed by atoms with E-state index in [0.29, 0.717) is 11.3 Å². The second-order valence-electron chi connectivity index (χ2n) is 6.19. The molecule has 0 amide bonds. The monoisotopic (exact) mass is 428 g/mol. The van der Waals surface area contributed by atoms with Gasteiger partial charge in [-0.25, -0.2) is 13.8 Å². The van der Waals surface area contributed by atoms with Gasteiger partial charge in [0.05, 0.1) is 16.3 Å². The van der Waals surface area contributed by atoms with Gasteiger partial charge in [-0.3, -0.25) is 0 Å². The van der Waals surface area contributed by atoms with Gasteiger partial charge in [-0.1, -0.05) is 52.3 Å². The van der Waals surface area contributed by atoms with Gasteiger partial charge in [-0.2, -0.15) is 0 Å². The van der Waals surface area contributed by atoms with Gasteiger partial charge in [0.25, 0.3) is 0 Å². The van der Waals surface area contributed by atoms with Crippen molar-refractivity contribution < 1.29 is 8.78 Å². The first kappa shape index (κ1) is 29.2. The van der Waals surface area contributed by atoms with E-state index in [0.717, 1.165) is 30.8 Å². The Morgan fingerprint density at radius 3 is 2.34 bits per heavy atom. The molecule has 0 aromatic heterocycles. The molecule has 0 aliphatic heterocycles. The van der Waals surface area contributed by atoms with Crippen LogP contribution in [0.1, 0.15) is 59.4 Å². The number of nitrogens with two attached hydrogens (primary N) is 2. The van der Waals surface area contributed by atoms with E-state index in [1.54, 1.807) is 6.92 Å². The van der Waals surface area contributed by atoms with Crippen LogP contribution in [0.5, 0.6) is 0 Å². The lowest BCUT2D eigenvalue weighted by atomic mass is 10.0. The highest BCUT2D eigenvalue weighted by atomic mass is 35.5. The van der Waals surface area contributed by atoms with Gasteiger partial charge in [-0.15, -0.1) is 0 Å². The Morgan fingerprint density at radius 1 is 1.31 bits per heavy atom. The summed E-state index contributed by atoms with van der Waals surface area (Å²) < 4.78 is 26.9. The third-order valence-electron chi connectivity index (χ3n) is 3.80. The molecule has 0 heterocycles. The van der Waals surface area contributed by atoms with Gasteiger partial charge in [0.15, 0.2) is 0 Å². The highest BCUT2D eigenvalue weighted by molar-refractivity contribution is 6.30. The Morgan fingerprint density at radius 2 is 1.90 bits per heavy atom. The van der Waals surface area contributed by atoms with E-state index in [-0.39, 0.29) is 16.4 Å². The molecule has 4 nitrogen and oxygen atoms in total. The van der Waals surface area contributed by atoms with Crippen molar-refractivity contribution in [3.05, 3.63) is 58.3 Å². The largest absolute Gasteiger partial charge is 0.383 e. The van der Waals surface area contributed by atoms with Crippen molar-refractivity contribution in [2.45, 2.75) is 53.9 Å². The lowest BCUT2D eigenvalue weighted by molar-refractivity contribution is 0.499. The van der Waals surface area contributed by atoms with E-state index in [2.05, 4.69) is 25.4 Å². The van der Waals surface area contributed by atoms with Gasteiger partial charge < -0.3 is 16.9 Å². The molecule has 1 rings (SSSR count). The lowest BCUT2D eigenvalue weighted by Gasteiger charge is -2.06. The van der Waals surface area contributed by atoms with Crippen LogP contribution in [0.2, 0.25) is 5.02 Å². The lowest BCUT2D eigenvalue weighted by Crippen LogP contribution is -2.16. The maximum Gasteiger partial charge on any atom is 0.142 e. The number of aliphatic imine (C=N–C) groups is 1. The van der Waals surface area contributed by atoms with Crippen LogP contribution in [-0.2, 0) is 0 Å². The summed E-state index contributed by atoms with van der Waals surface area (Å²) in [5, 5.41) is 6.65. The van der Waals surface area contributed by atoms with E-state index < -0.39 is 11.6 Å². The molecule has 1 atom stereocenters. The Bertz CT molecular complexity index is 700. The average molecular weight is 429 g/mol. The fraction of sp³-hybridized carbons (Fsp3) is 0.455. The number of nitrogens with zero attached hydrogens (tertiary/aromatic N) is 1. The zero-order valence-electron chi connectivity index (χ0n) is 18.2. The summed E-state index contributed by atoms with van der Waals surface area (Å²) in [6, 6.07) is 1.70. The number of halogens is 3. The van der Waals surface area contributed by atoms with E-state index in [1.807, 2.05) is 13.8 Å². The summed E-state index contributed by atoms with van der Waals surface area (Å²) in [5.41, 5.74) is 11.6. The van der Waals surface area contributed by atoms with Crippen molar-refractivity contribution in [3.63, 3.8) is 0 Å². The molecule has 0 saturated heterocycles. The van der Waals surface area contributed by atoms with Gasteiger partial charge in [-0.05, 0) is 56.0 Å². The maximum atomic E-state index is 13.6. The standard InChI is InChI=1S/C13H12ClF2N3.C7H17N.C2H6/c1-7(2)12(3-4-17)19-13(18)8-5-11(16)9(14)6-10(8)15;1-3-7(2)5-4-6-8;1-2/h3-6,17H,1H2,2H3,(H2,18,19);7H,3-6,8H2,1-2H3;1-2H3/b12-3+,17-4?;;. The predicted molar refractivity (Wildman–Crippen MR) is 123 cm³/mol. The number of nitrogens with one attached hydrogen (secondary N) is 1. The van der Waals surface area contributed by atoms with Gasteiger partial charge in [0, 0.05) is 6.21 Å². The van der Waals surface area contributed by atoms with Gasteiger partial charge >= 0.3 is 0 Å². The van der Waals surface area contributed by atoms with Crippen molar-refractivity contribution >= 4 is 23.7 Å². The van der Waals surface area contributed by atoms with Crippen molar-refractivity contribution in [2.75, 3.05) is 6.54 Å². The zero-order valence-corrected chi connectivity index (χ0v) is 18.9. The minimum absolute atomic E-state index is 0.195. The third kappa shape index (κ3) is 12.2. The van der Waals surface area contributed by atoms with Crippen LogP contribution < -0.4 is 11.5 Å². The molecule has 7 heteroatoms. The van der Waals surface area contributed by atoms with Crippen molar-refractivity contribution in [1.29, 1.82) is 5.41 Å². The van der Waals surface area contributed by atoms with Crippen LogP contribution in [0.25, 0.3) is 0 Å². The number of benzene rings is 1. The third-order valence-corrected chi connectivity index (χ3v) is 4.09. The van der Waals surface area contributed by atoms with E-state index in [4.69, 9.17) is 28.5 Å². The summed E-state index contributed by atoms with van der Waals surface area (Å²) in [4.78, 5) is 3.92. The molecule has 164 valence electrons. The van der Waals surface area contributed by atoms with Crippen LogP contribution in [-0.4, -0.2) is 18.6 Å². The number of rotatable bonds is 8. The topological polar surface area (TPSA) is 88.2 Å². The predicted octanol–water partition coefficient (Wildman–Crippen LogP) is 6.23. The van der Waals surface area contributed by atoms with Crippen molar-refractivity contribution in [2.24, 2.45) is 22.4 Å². The van der Waals surface area contributed by atoms with E-state index in [9.17, 15) is 8.78 Å². The fourth-order valence-electron chi connectivity index (χ4n) is 1.93. The first-order valence-electron chi connectivity index (χ1n) is 9.73. The van der Waals surface area contributed by atoms with E-state index in [1.165, 1.54) is 25.3 Å². The van der Waals surface area contributed by atoms with Crippen LogP contribution in [0.3, 0.4) is 0 Å². The molecule has 0 bridgehead atoms. The molecule has 0 aliphatic carbocycles. The number of amidine groups is 1. The maximum absolute atomic E-state index is 13.6. The molecule has 5 N–H and O–H groups in total. The first-order valence-corrected chi connectivity index (χ1v) is 10.1. The molecule has 1 aromatic carbocycles. The normalized spacial score (nSPS) is 12.2. The molecule has 0 spiro atoms. The summed E-state index contributed by atoms with van der Waals surface area (Å²) in [7, 11) is 0. The van der Waals surface area contributed by atoms with Crippen LogP contribution >= 0.6 is 11.6 Å². The molecular weight excluding hydrogens is 394 g/mol. The Kier molecular flexibility index (Phi) is 17.0. The molecule has 1 aromatic rings. The number of allylic oxidation sites excluding steroid dienone is 2. The SMILES string of the molecule is C=C(C)/C(=C\C=N)N=C(N)c1cc(F)c(Cl)cc1F.CC.CCC(C)CCCN. The molecule has 1 unspecified atom stereocenters. The smallest absolute Gasteiger partial charge is 0.142 e. The van der Waals surface area contributed by atoms with Crippen LogP contribution in [0.15, 0.2) is 41.1 Å². The molecule has 0 saturated carbocycles. The van der Waals surface area contributed by atoms with Crippen LogP contribution in [0.4, 0.5) is 8.78 Å². The fourth-order valence-corrected chi connectivity index (χ4v) is 2.08. The molecule has 0 radical (unpaired) electrons. The average Bonchev–Trinajstić information content (AvgIpc) is 2.70. The quantitative estimate of drug-likeness (QED) is 0.198. The summed E-state index contributed by atoms with van der Waals surface area (Å²) >= 11 is 5.45. The van der Waals surface area contributed by atoms with Gasteiger partial charge in [0.1, 0.15) is 17.5 Å².